The van der Waals surface area contributed by atoms with Crippen LogP contribution in [-0.4, -0.2) is 34.3 Å². The number of para-hydroxylation sites is 4. The molecule has 0 amide bonds. The number of H-pyrrole nitrogens is 2. The average molecular weight is 520 g/mol. The van der Waals surface area contributed by atoms with Gasteiger partial charge in [-0.2, -0.15) is 26.3 Å². The molecule has 0 saturated carbocycles. The van der Waals surface area contributed by atoms with Gasteiger partial charge in [-0.1, -0.05) is 24.3 Å². The van der Waals surface area contributed by atoms with Gasteiger partial charge in [-0.15, -0.1) is 0 Å². The number of fused-ring (bicyclic) bond motifs is 2. The molecule has 196 valence electrons. The van der Waals surface area contributed by atoms with Gasteiger partial charge in [-0.3, -0.25) is 0 Å². The number of rotatable bonds is 2. The number of alkyl halides is 6. The number of carboxylic acids is 2. The van der Waals surface area contributed by atoms with E-state index in [0.29, 0.717) is 0 Å². The SMILES string of the molecule is CC[n+]1c[nH]c2ccccc21.CC[n+]1c[nH]c2ccccc21.O=C([O-])C(F)(F)F.O=C([O-])C(F)(F)F. The summed E-state index contributed by atoms with van der Waals surface area (Å²) in [6, 6.07) is 16.6. The lowest BCUT2D eigenvalue weighted by Crippen LogP contribution is -2.37. The van der Waals surface area contributed by atoms with Crippen molar-refractivity contribution in [3.63, 3.8) is 0 Å². The first-order valence-corrected chi connectivity index (χ1v) is 10.2. The summed E-state index contributed by atoms with van der Waals surface area (Å²) in [4.78, 5) is 24.0. The maximum Gasteiger partial charge on any atom is 0.430 e. The molecule has 2 heterocycles. The van der Waals surface area contributed by atoms with E-state index in [4.69, 9.17) is 19.8 Å². The smallest absolute Gasteiger partial charge is 0.430 e. The zero-order chi connectivity index (χ0) is 27.5. The summed E-state index contributed by atoms with van der Waals surface area (Å²) >= 11 is 0. The zero-order valence-electron chi connectivity index (χ0n) is 19.0. The monoisotopic (exact) mass is 520 g/mol. The van der Waals surface area contributed by atoms with Gasteiger partial charge in [0, 0.05) is 0 Å². The number of nitrogens with one attached hydrogen (secondary N) is 2. The van der Waals surface area contributed by atoms with Gasteiger partial charge < -0.3 is 19.8 Å². The van der Waals surface area contributed by atoms with E-state index >= 15 is 0 Å². The normalized spacial score (nSPS) is 10.9. The molecule has 0 spiro atoms. The van der Waals surface area contributed by atoms with Crippen molar-refractivity contribution in [1.82, 2.24) is 9.97 Å². The molecule has 0 aliphatic heterocycles. The third-order valence-corrected chi connectivity index (χ3v) is 4.32. The number of hydrogen-bond donors (Lipinski definition) is 2. The molecule has 0 bridgehead atoms. The van der Waals surface area contributed by atoms with E-state index in [0.717, 1.165) is 13.1 Å². The van der Waals surface area contributed by atoms with E-state index in [-0.39, 0.29) is 0 Å². The maximum absolute atomic E-state index is 10.5. The van der Waals surface area contributed by atoms with Crippen molar-refractivity contribution in [2.24, 2.45) is 0 Å². The fraction of sp³-hybridized carbons (Fsp3) is 0.273. The van der Waals surface area contributed by atoms with Crippen molar-refractivity contribution in [3.8, 4) is 0 Å². The molecule has 0 fully saturated rings. The minimum absolute atomic E-state index is 1.02. The highest BCUT2D eigenvalue weighted by atomic mass is 19.4. The van der Waals surface area contributed by atoms with Crippen LogP contribution in [0.5, 0.6) is 0 Å². The molecule has 8 nitrogen and oxygen atoms in total. The Kier molecular flexibility index (Phi) is 10.9. The summed E-state index contributed by atoms with van der Waals surface area (Å²) < 4.78 is 67.5. The van der Waals surface area contributed by atoms with Crippen LogP contribution in [-0.2, 0) is 22.7 Å². The van der Waals surface area contributed by atoms with Crippen LogP contribution in [0.25, 0.3) is 22.1 Å². The first kappa shape index (κ1) is 29.9. The fourth-order valence-electron chi connectivity index (χ4n) is 2.65. The topological polar surface area (TPSA) is 120 Å². The molecule has 36 heavy (non-hydrogen) atoms. The summed E-state index contributed by atoms with van der Waals surface area (Å²) in [6.45, 7) is 6.31. The molecule has 0 aliphatic rings. The van der Waals surface area contributed by atoms with E-state index in [1.807, 2.05) is 24.8 Å². The summed E-state index contributed by atoms with van der Waals surface area (Å²) in [5.74, 6) is -6.01. The van der Waals surface area contributed by atoms with E-state index < -0.39 is 24.3 Å². The van der Waals surface area contributed by atoms with Crippen LogP contribution < -0.4 is 19.3 Å². The number of aryl methyl sites for hydroxylation is 2. The number of imidazole rings is 2. The van der Waals surface area contributed by atoms with Crippen molar-refractivity contribution in [2.75, 3.05) is 0 Å². The van der Waals surface area contributed by atoms with Crippen molar-refractivity contribution < 1.29 is 55.3 Å². The van der Waals surface area contributed by atoms with Crippen LogP contribution >= 0.6 is 0 Å². The van der Waals surface area contributed by atoms with Crippen molar-refractivity contribution in [1.29, 1.82) is 0 Å². The Balaban J connectivity index is 0.000000247. The van der Waals surface area contributed by atoms with E-state index in [2.05, 4.69) is 69.3 Å². The molecule has 2 N–H and O–H groups in total. The molecule has 14 heteroatoms. The standard InChI is InChI=1S/2C9H10N2.2C2HF3O2/c2*1-2-11-7-10-8-5-3-4-6-9(8)11;2*3-2(4,5)1(6)7/h2*3-7H,2H2,1H3;2*(H,6,7). The predicted octanol–water partition coefficient (Wildman–Crippen LogP) is 1.55. The number of carbonyl (C=O) groups excluding carboxylic acids is 2. The number of halogens is 6. The summed E-state index contributed by atoms with van der Waals surface area (Å²) in [5.41, 5.74) is 4.95. The number of nitrogens with zero attached hydrogens (tertiary/aromatic N) is 2. The lowest BCUT2D eigenvalue weighted by molar-refractivity contribution is -0.667. The number of aliphatic carboxylic acids is 2. The average Bonchev–Trinajstić information content (AvgIpc) is 3.43. The van der Waals surface area contributed by atoms with Gasteiger partial charge in [-0.25, -0.2) is 19.1 Å². The molecular formula is C22H22F6N4O4. The van der Waals surface area contributed by atoms with Crippen molar-refractivity contribution in [2.45, 2.75) is 39.3 Å². The lowest BCUT2D eigenvalue weighted by Gasteiger charge is -2.03. The van der Waals surface area contributed by atoms with Crippen molar-refractivity contribution in [3.05, 3.63) is 61.2 Å². The second-order valence-electron chi connectivity index (χ2n) is 6.72. The Bertz CT molecular complexity index is 1170. The summed E-state index contributed by atoms with van der Waals surface area (Å²) in [7, 11) is 0. The Morgan fingerprint density at radius 2 is 0.972 bits per heavy atom. The number of carbonyl (C=O) groups is 2. The van der Waals surface area contributed by atoms with Crippen LogP contribution in [0.2, 0.25) is 0 Å². The molecule has 4 aromatic rings. The van der Waals surface area contributed by atoms with Gasteiger partial charge in [0.1, 0.15) is 11.9 Å². The molecule has 0 saturated heterocycles. The van der Waals surface area contributed by atoms with Crippen LogP contribution in [0.3, 0.4) is 0 Å². The minimum atomic E-state index is -5.19. The van der Waals surface area contributed by atoms with Gasteiger partial charge in [0.05, 0.1) is 13.1 Å². The molecule has 0 unspecified atom stereocenters. The van der Waals surface area contributed by atoms with Gasteiger partial charge >= 0.3 is 12.4 Å². The van der Waals surface area contributed by atoms with Crippen LogP contribution in [0, 0.1) is 0 Å². The molecule has 0 radical (unpaired) electrons. The first-order chi connectivity index (χ1) is 16.7. The number of aromatic nitrogens is 4. The fourth-order valence-corrected chi connectivity index (χ4v) is 2.65. The maximum atomic E-state index is 10.5. The number of aromatic amines is 2. The Morgan fingerprint density at radius 1 is 0.694 bits per heavy atom. The molecule has 4 rings (SSSR count). The largest absolute Gasteiger partial charge is 0.542 e. The van der Waals surface area contributed by atoms with Crippen LogP contribution in [0.1, 0.15) is 13.8 Å². The highest BCUT2D eigenvalue weighted by Gasteiger charge is 2.29. The highest BCUT2D eigenvalue weighted by Crippen LogP contribution is 2.12. The Morgan fingerprint density at radius 3 is 1.22 bits per heavy atom. The second kappa shape index (κ2) is 13.1. The van der Waals surface area contributed by atoms with Crippen molar-refractivity contribution >= 4 is 34.0 Å². The predicted molar refractivity (Wildman–Crippen MR) is 110 cm³/mol. The van der Waals surface area contributed by atoms with Gasteiger partial charge in [0.15, 0.2) is 22.1 Å². The minimum Gasteiger partial charge on any atom is -0.542 e. The Hall–Kier alpha value is -4.10. The summed E-state index contributed by atoms with van der Waals surface area (Å²) in [6.07, 6.45) is -6.38. The third-order valence-electron chi connectivity index (χ3n) is 4.32. The Labute approximate surface area is 200 Å². The zero-order valence-corrected chi connectivity index (χ0v) is 19.0. The highest BCUT2D eigenvalue weighted by molar-refractivity contribution is 5.71. The molecule has 0 aliphatic carbocycles. The quantitative estimate of drug-likeness (QED) is 0.308. The van der Waals surface area contributed by atoms with E-state index in [9.17, 15) is 26.3 Å². The molecule has 2 aromatic heterocycles. The first-order valence-electron chi connectivity index (χ1n) is 10.2. The summed E-state index contributed by atoms with van der Waals surface area (Å²) in [5, 5.41) is 17.6. The van der Waals surface area contributed by atoms with Gasteiger partial charge in [0.25, 0.3) is 0 Å². The van der Waals surface area contributed by atoms with E-state index in [1.165, 1.54) is 22.1 Å². The number of hydrogen-bond acceptors (Lipinski definition) is 4. The van der Waals surface area contributed by atoms with Gasteiger partial charge in [-0.05, 0) is 38.1 Å². The molecular weight excluding hydrogens is 498 g/mol. The second-order valence-corrected chi connectivity index (χ2v) is 6.72. The number of benzene rings is 2. The van der Waals surface area contributed by atoms with Crippen LogP contribution in [0.4, 0.5) is 26.3 Å². The lowest BCUT2D eigenvalue weighted by atomic mass is 10.3. The molecule has 2 aromatic carbocycles. The number of carboxylic acid groups (broad SMARTS) is 2. The molecule has 0 atom stereocenters. The van der Waals surface area contributed by atoms with Crippen LogP contribution in [0.15, 0.2) is 61.2 Å². The third kappa shape index (κ3) is 9.27. The van der Waals surface area contributed by atoms with E-state index in [1.54, 1.807) is 0 Å². The van der Waals surface area contributed by atoms with Gasteiger partial charge in [0.2, 0.25) is 12.7 Å².